The number of primary amides is 1. The van der Waals surface area contributed by atoms with Gasteiger partial charge in [0.2, 0.25) is 5.88 Å². The molecule has 0 saturated carbocycles. The number of hydrogen-bond acceptors (Lipinski definition) is 6. The molecule has 1 saturated heterocycles. The number of carbonyl (C=O) groups is 1. The van der Waals surface area contributed by atoms with Crippen LogP contribution in [0, 0.1) is 0 Å². The molecule has 0 spiro atoms. The number of carbonyl (C=O) groups excluding carboxylic acids is 1. The molecule has 0 aliphatic carbocycles. The maximum atomic E-state index is 11.2. The Labute approximate surface area is 171 Å². The van der Waals surface area contributed by atoms with Crippen LogP contribution in [0.2, 0.25) is 0 Å². The molecule has 29 heavy (non-hydrogen) atoms. The van der Waals surface area contributed by atoms with Gasteiger partial charge in [-0.05, 0) is 44.4 Å². The van der Waals surface area contributed by atoms with E-state index in [2.05, 4.69) is 34.7 Å². The summed E-state index contributed by atoms with van der Waals surface area (Å²) in [4.78, 5) is 24.9. The van der Waals surface area contributed by atoms with Crippen LogP contribution < -0.4 is 15.4 Å². The fourth-order valence-electron chi connectivity index (χ4n) is 4.08. The summed E-state index contributed by atoms with van der Waals surface area (Å²) in [6.45, 7) is 8.30. The van der Waals surface area contributed by atoms with Gasteiger partial charge in [-0.15, -0.1) is 0 Å². The average molecular weight is 396 g/mol. The predicted octanol–water partition coefficient (Wildman–Crippen LogP) is 2.39. The molecule has 2 N–H and O–H groups in total. The molecule has 2 aliphatic rings. The molecule has 0 bridgehead atoms. The maximum Gasteiger partial charge on any atom is 0.267 e. The molecule has 0 atom stereocenters. The molecule has 0 aromatic carbocycles. The smallest absolute Gasteiger partial charge is 0.267 e. The van der Waals surface area contributed by atoms with Crippen molar-refractivity contribution in [3.05, 3.63) is 47.4 Å². The Bertz CT molecular complexity index is 860. The van der Waals surface area contributed by atoms with Gasteiger partial charge in [-0.1, -0.05) is 6.07 Å². The van der Waals surface area contributed by atoms with Gasteiger partial charge in [-0.25, -0.2) is 9.97 Å². The van der Waals surface area contributed by atoms with E-state index in [0.29, 0.717) is 6.04 Å². The molecule has 154 valence electrons. The second kappa shape index (κ2) is 8.37. The van der Waals surface area contributed by atoms with Crippen LogP contribution >= 0.6 is 0 Å². The first kappa shape index (κ1) is 19.6. The zero-order valence-corrected chi connectivity index (χ0v) is 17.2. The number of aromatic nitrogens is 2. The van der Waals surface area contributed by atoms with Gasteiger partial charge in [0.25, 0.3) is 5.91 Å². The van der Waals surface area contributed by atoms with E-state index in [1.807, 2.05) is 12.1 Å². The summed E-state index contributed by atoms with van der Waals surface area (Å²) >= 11 is 0. The van der Waals surface area contributed by atoms with E-state index in [1.165, 1.54) is 5.56 Å². The fourth-order valence-corrected chi connectivity index (χ4v) is 4.08. The van der Waals surface area contributed by atoms with E-state index in [1.54, 1.807) is 12.3 Å². The number of rotatable bonds is 5. The SMILES string of the molecule is CC(C)N1CCC(Oc2ccc3c(n2)CCN(c2ccc(C(N)=O)nc2)C3)CC1. The summed E-state index contributed by atoms with van der Waals surface area (Å²) in [5.41, 5.74) is 8.86. The second-order valence-electron chi connectivity index (χ2n) is 8.14. The summed E-state index contributed by atoms with van der Waals surface area (Å²) in [5.74, 6) is 0.236. The highest BCUT2D eigenvalue weighted by atomic mass is 16.5. The van der Waals surface area contributed by atoms with Crippen molar-refractivity contribution >= 4 is 11.6 Å². The number of amides is 1. The summed E-state index contributed by atoms with van der Waals surface area (Å²) < 4.78 is 6.19. The van der Waals surface area contributed by atoms with Gasteiger partial charge < -0.3 is 20.3 Å². The van der Waals surface area contributed by atoms with Crippen molar-refractivity contribution in [3.63, 3.8) is 0 Å². The number of anilines is 1. The van der Waals surface area contributed by atoms with E-state index < -0.39 is 5.91 Å². The van der Waals surface area contributed by atoms with Crippen LogP contribution in [0.4, 0.5) is 5.69 Å². The molecule has 1 fully saturated rings. The number of likely N-dealkylation sites (tertiary alicyclic amines) is 1. The van der Waals surface area contributed by atoms with Gasteiger partial charge in [0.15, 0.2) is 0 Å². The lowest BCUT2D eigenvalue weighted by Gasteiger charge is -2.34. The molecule has 4 rings (SSSR count). The molecule has 0 unspecified atom stereocenters. The van der Waals surface area contributed by atoms with Crippen LogP contribution in [0.1, 0.15) is 48.4 Å². The highest BCUT2D eigenvalue weighted by Gasteiger charge is 2.23. The van der Waals surface area contributed by atoms with Crippen LogP contribution in [-0.2, 0) is 13.0 Å². The van der Waals surface area contributed by atoms with Crippen LogP contribution in [-0.4, -0.2) is 52.6 Å². The molecule has 2 aromatic rings. The predicted molar refractivity (Wildman–Crippen MR) is 112 cm³/mol. The number of nitrogens with zero attached hydrogens (tertiary/aromatic N) is 4. The van der Waals surface area contributed by atoms with Crippen molar-refractivity contribution in [2.75, 3.05) is 24.5 Å². The third-order valence-electron chi connectivity index (χ3n) is 5.88. The first-order valence-corrected chi connectivity index (χ1v) is 10.4. The summed E-state index contributed by atoms with van der Waals surface area (Å²) in [7, 11) is 0. The minimum atomic E-state index is -0.507. The van der Waals surface area contributed by atoms with E-state index in [9.17, 15) is 4.79 Å². The Morgan fingerprint density at radius 2 is 1.97 bits per heavy atom. The standard InChI is InChI=1S/C22H29N5O2/c1-15(2)26-10-7-18(8-11-26)29-21-6-3-16-14-27(12-9-19(16)25-21)17-4-5-20(22(23)28)24-13-17/h3-6,13,15,18H,7-12,14H2,1-2H3,(H2,23,28). The highest BCUT2D eigenvalue weighted by molar-refractivity contribution is 5.90. The van der Waals surface area contributed by atoms with Gasteiger partial charge in [0.05, 0.1) is 17.6 Å². The number of pyridine rings is 2. The number of nitrogens with two attached hydrogens (primary N) is 1. The number of fused-ring (bicyclic) bond motifs is 1. The van der Waals surface area contributed by atoms with Gasteiger partial charge in [0, 0.05) is 44.7 Å². The average Bonchev–Trinajstić information content (AvgIpc) is 2.74. The van der Waals surface area contributed by atoms with Crippen molar-refractivity contribution in [1.29, 1.82) is 0 Å². The lowest BCUT2D eigenvalue weighted by Crippen LogP contribution is -2.41. The maximum absolute atomic E-state index is 11.2. The molecule has 4 heterocycles. The zero-order chi connectivity index (χ0) is 20.4. The van der Waals surface area contributed by atoms with Gasteiger partial charge in [-0.3, -0.25) is 4.79 Å². The summed E-state index contributed by atoms with van der Waals surface area (Å²) in [6.07, 6.45) is 4.93. The zero-order valence-electron chi connectivity index (χ0n) is 17.2. The highest BCUT2D eigenvalue weighted by Crippen LogP contribution is 2.26. The summed E-state index contributed by atoms with van der Waals surface area (Å²) in [6, 6.07) is 8.28. The third kappa shape index (κ3) is 4.50. The Morgan fingerprint density at radius 3 is 2.62 bits per heavy atom. The van der Waals surface area contributed by atoms with Crippen LogP contribution in [0.15, 0.2) is 30.5 Å². The molecule has 2 aliphatic heterocycles. The minimum absolute atomic E-state index is 0.255. The Morgan fingerprint density at radius 1 is 1.17 bits per heavy atom. The third-order valence-corrected chi connectivity index (χ3v) is 5.88. The van der Waals surface area contributed by atoms with Gasteiger partial charge in [-0.2, -0.15) is 0 Å². The van der Waals surface area contributed by atoms with E-state index >= 15 is 0 Å². The van der Waals surface area contributed by atoms with Crippen molar-refractivity contribution < 1.29 is 9.53 Å². The Balaban J connectivity index is 1.38. The van der Waals surface area contributed by atoms with Crippen molar-refractivity contribution in [2.45, 2.75) is 51.8 Å². The number of hydrogen-bond donors (Lipinski definition) is 1. The Hall–Kier alpha value is -2.67. The van der Waals surface area contributed by atoms with Gasteiger partial charge in [0.1, 0.15) is 11.8 Å². The normalized spacial score (nSPS) is 18.0. The van der Waals surface area contributed by atoms with Crippen LogP contribution in [0.5, 0.6) is 5.88 Å². The quantitative estimate of drug-likeness (QED) is 0.837. The summed E-state index contributed by atoms with van der Waals surface area (Å²) in [5, 5.41) is 0. The topological polar surface area (TPSA) is 84.6 Å². The lowest BCUT2D eigenvalue weighted by atomic mass is 10.0. The van der Waals surface area contributed by atoms with Crippen molar-refractivity contribution in [3.8, 4) is 5.88 Å². The molecule has 0 radical (unpaired) electrons. The second-order valence-corrected chi connectivity index (χ2v) is 8.14. The van der Waals surface area contributed by atoms with E-state index in [0.717, 1.165) is 62.7 Å². The molecule has 7 heteroatoms. The number of ether oxygens (including phenoxy) is 1. The molecule has 1 amide bonds. The lowest BCUT2D eigenvalue weighted by molar-refractivity contribution is 0.0811. The van der Waals surface area contributed by atoms with E-state index in [4.69, 9.17) is 15.5 Å². The first-order chi connectivity index (χ1) is 14.0. The number of piperidine rings is 1. The fraction of sp³-hybridized carbons (Fsp3) is 0.500. The largest absolute Gasteiger partial charge is 0.474 e. The van der Waals surface area contributed by atoms with E-state index in [-0.39, 0.29) is 11.8 Å². The molecular weight excluding hydrogens is 366 g/mol. The Kier molecular flexibility index (Phi) is 5.67. The van der Waals surface area contributed by atoms with Crippen molar-refractivity contribution in [1.82, 2.24) is 14.9 Å². The molecular formula is C22H29N5O2. The van der Waals surface area contributed by atoms with Crippen molar-refractivity contribution in [2.24, 2.45) is 5.73 Å². The van der Waals surface area contributed by atoms with Gasteiger partial charge >= 0.3 is 0 Å². The monoisotopic (exact) mass is 395 g/mol. The van der Waals surface area contributed by atoms with Crippen LogP contribution in [0.25, 0.3) is 0 Å². The van der Waals surface area contributed by atoms with Crippen LogP contribution in [0.3, 0.4) is 0 Å². The molecule has 2 aromatic heterocycles. The first-order valence-electron chi connectivity index (χ1n) is 10.4. The molecule has 7 nitrogen and oxygen atoms in total. The minimum Gasteiger partial charge on any atom is -0.474 e.